The minimum absolute atomic E-state index is 0.0950. The number of halogens is 6. The Morgan fingerprint density at radius 1 is 0.805 bits per heavy atom. The summed E-state index contributed by atoms with van der Waals surface area (Å²) in [5, 5.41) is 12.6. The first-order chi connectivity index (χ1) is 19.3. The van der Waals surface area contributed by atoms with Gasteiger partial charge < -0.3 is 24.8 Å². The van der Waals surface area contributed by atoms with Crippen LogP contribution in [0, 0.1) is 0 Å². The largest absolute Gasteiger partial charge is 0.573 e. The molecular weight excluding hydrogens is 554 g/mol. The van der Waals surface area contributed by atoms with Crippen molar-refractivity contribution in [1.29, 1.82) is 0 Å². The van der Waals surface area contributed by atoms with E-state index in [0.29, 0.717) is 31.5 Å². The molecule has 0 atom stereocenters. The molecule has 0 spiro atoms. The molecule has 1 aliphatic rings. The molecule has 0 aromatic heterocycles. The van der Waals surface area contributed by atoms with Gasteiger partial charge in [-0.1, -0.05) is 54.6 Å². The van der Waals surface area contributed by atoms with Gasteiger partial charge in [0, 0.05) is 25.0 Å². The molecule has 4 rings (SSSR count). The van der Waals surface area contributed by atoms with Crippen LogP contribution in [0.25, 0.3) is 0 Å². The van der Waals surface area contributed by atoms with E-state index in [-0.39, 0.29) is 24.1 Å². The van der Waals surface area contributed by atoms with E-state index in [0.717, 1.165) is 24.3 Å². The first-order valence-electron chi connectivity index (χ1n) is 12.8. The molecule has 220 valence electrons. The van der Waals surface area contributed by atoms with Crippen LogP contribution in [0.2, 0.25) is 0 Å². The smallest absolute Gasteiger partial charge is 0.406 e. The normalized spacial score (nSPS) is 15.0. The molecule has 6 nitrogen and oxygen atoms in total. The van der Waals surface area contributed by atoms with E-state index in [2.05, 4.69) is 14.8 Å². The Kier molecular flexibility index (Phi) is 9.01. The van der Waals surface area contributed by atoms with Gasteiger partial charge in [0.25, 0.3) is 0 Å². The first kappa shape index (κ1) is 30.0. The van der Waals surface area contributed by atoms with Gasteiger partial charge in [-0.3, -0.25) is 0 Å². The number of aliphatic hydroxyl groups is 1. The summed E-state index contributed by atoms with van der Waals surface area (Å²) >= 11 is 0. The molecule has 12 heteroatoms. The topological polar surface area (TPSA) is 71.0 Å². The standard InChI is InChI=1S/C29H28F6N2O4/c30-28(31,32)40-24-10-4-8-21(16-24)27(18-20-6-2-1-3-7-20,19-36-26(39)37-14-12-23(38)13-15-37)22-9-5-11-25(17-22)41-29(33,34)35/h1-11,16-17,23,38H,12-15,18-19H2,(H,36,39). The maximum atomic E-state index is 13.2. The first-order valence-corrected chi connectivity index (χ1v) is 12.8. The van der Waals surface area contributed by atoms with E-state index in [1.807, 2.05) is 0 Å². The maximum Gasteiger partial charge on any atom is 0.573 e. The second-order valence-electron chi connectivity index (χ2n) is 9.77. The Morgan fingerprint density at radius 3 is 1.80 bits per heavy atom. The third-order valence-electron chi connectivity index (χ3n) is 6.88. The zero-order valence-corrected chi connectivity index (χ0v) is 21.7. The lowest BCUT2D eigenvalue weighted by atomic mass is 9.70. The number of rotatable bonds is 8. The number of aliphatic hydroxyl groups excluding tert-OH is 1. The number of likely N-dealkylation sites (tertiary alicyclic amines) is 1. The van der Waals surface area contributed by atoms with Gasteiger partial charge in [0.15, 0.2) is 0 Å². The molecule has 1 fully saturated rings. The molecule has 1 aliphatic heterocycles. The van der Waals surface area contributed by atoms with Crippen LogP contribution in [0.3, 0.4) is 0 Å². The van der Waals surface area contributed by atoms with Crippen LogP contribution in [0.15, 0.2) is 78.9 Å². The number of urea groups is 1. The highest BCUT2D eigenvalue weighted by Gasteiger charge is 2.39. The number of piperidine rings is 1. The Hall–Kier alpha value is -3.93. The lowest BCUT2D eigenvalue weighted by Crippen LogP contribution is -2.50. The average molecular weight is 583 g/mol. The minimum Gasteiger partial charge on any atom is -0.406 e. The summed E-state index contributed by atoms with van der Waals surface area (Å²) in [4.78, 5) is 14.7. The Balaban J connectivity index is 1.82. The van der Waals surface area contributed by atoms with Crippen molar-refractivity contribution in [2.24, 2.45) is 0 Å². The zero-order chi connectivity index (χ0) is 29.7. The van der Waals surface area contributed by atoms with E-state index in [1.54, 1.807) is 30.3 Å². The highest BCUT2D eigenvalue weighted by molar-refractivity contribution is 5.74. The van der Waals surface area contributed by atoms with Crippen LogP contribution in [0.5, 0.6) is 11.5 Å². The van der Waals surface area contributed by atoms with Gasteiger partial charge >= 0.3 is 18.8 Å². The number of carbonyl (C=O) groups excluding carboxylic acids is 1. The Bertz CT molecular complexity index is 1250. The third-order valence-corrected chi connectivity index (χ3v) is 6.88. The molecule has 0 radical (unpaired) electrons. The predicted octanol–water partition coefficient (Wildman–Crippen LogP) is 6.18. The van der Waals surface area contributed by atoms with Crippen molar-refractivity contribution in [3.8, 4) is 11.5 Å². The fourth-order valence-corrected chi connectivity index (χ4v) is 4.97. The van der Waals surface area contributed by atoms with Crippen molar-refractivity contribution in [2.75, 3.05) is 19.6 Å². The molecule has 0 unspecified atom stereocenters. The summed E-state index contributed by atoms with van der Waals surface area (Å²) in [7, 11) is 0. The van der Waals surface area contributed by atoms with Gasteiger partial charge in [0.2, 0.25) is 0 Å². The molecule has 1 saturated heterocycles. The summed E-state index contributed by atoms with van der Waals surface area (Å²) in [6.07, 6.45) is -9.61. The molecule has 3 aromatic carbocycles. The number of benzene rings is 3. The van der Waals surface area contributed by atoms with Crippen LogP contribution >= 0.6 is 0 Å². The molecule has 2 N–H and O–H groups in total. The summed E-state index contributed by atoms with van der Waals surface area (Å²) in [6.45, 7) is 0.399. The molecular formula is C29H28F6N2O4. The summed E-state index contributed by atoms with van der Waals surface area (Å²) < 4.78 is 87.0. The van der Waals surface area contributed by atoms with Crippen LogP contribution in [-0.4, -0.2) is 54.5 Å². The molecule has 3 aromatic rings. The third kappa shape index (κ3) is 8.29. The van der Waals surface area contributed by atoms with Gasteiger partial charge in [-0.15, -0.1) is 26.3 Å². The molecule has 0 aliphatic carbocycles. The fraction of sp³-hybridized carbons (Fsp3) is 0.345. The Labute approximate surface area is 232 Å². The molecule has 1 heterocycles. The number of alkyl halides is 6. The lowest BCUT2D eigenvalue weighted by Gasteiger charge is -2.37. The highest BCUT2D eigenvalue weighted by atomic mass is 19.4. The number of carbonyl (C=O) groups is 1. The molecule has 41 heavy (non-hydrogen) atoms. The number of nitrogens with zero attached hydrogens (tertiary/aromatic N) is 1. The number of ether oxygens (including phenoxy) is 2. The number of nitrogens with one attached hydrogen (secondary N) is 1. The van der Waals surface area contributed by atoms with E-state index in [1.165, 1.54) is 29.2 Å². The number of hydrogen-bond acceptors (Lipinski definition) is 4. The van der Waals surface area contributed by atoms with E-state index in [4.69, 9.17) is 0 Å². The monoisotopic (exact) mass is 582 g/mol. The van der Waals surface area contributed by atoms with Gasteiger partial charge in [0.1, 0.15) is 11.5 Å². The van der Waals surface area contributed by atoms with Crippen molar-refractivity contribution < 1.29 is 45.7 Å². The summed E-state index contributed by atoms with van der Waals surface area (Å²) in [5.41, 5.74) is -0.113. The van der Waals surface area contributed by atoms with E-state index < -0.39 is 41.8 Å². The highest BCUT2D eigenvalue weighted by Crippen LogP contribution is 2.40. The average Bonchev–Trinajstić information content (AvgIpc) is 2.90. The molecule has 0 saturated carbocycles. The van der Waals surface area contributed by atoms with Gasteiger partial charge in [-0.05, 0) is 60.2 Å². The summed E-state index contributed by atoms with van der Waals surface area (Å²) in [6, 6.07) is 18.7. The quantitative estimate of drug-likeness (QED) is 0.312. The second-order valence-corrected chi connectivity index (χ2v) is 9.77. The maximum absolute atomic E-state index is 13.2. The van der Waals surface area contributed by atoms with Crippen LogP contribution in [0.1, 0.15) is 29.5 Å². The molecule has 0 bridgehead atoms. The Morgan fingerprint density at radius 2 is 1.32 bits per heavy atom. The van der Waals surface area contributed by atoms with Crippen molar-refractivity contribution in [3.63, 3.8) is 0 Å². The van der Waals surface area contributed by atoms with Crippen LogP contribution in [-0.2, 0) is 11.8 Å². The van der Waals surface area contributed by atoms with E-state index in [9.17, 15) is 36.2 Å². The molecule has 2 amide bonds. The van der Waals surface area contributed by atoms with Crippen molar-refractivity contribution in [3.05, 3.63) is 95.6 Å². The zero-order valence-electron chi connectivity index (χ0n) is 21.7. The SMILES string of the molecule is O=C(NCC(Cc1ccccc1)(c1cccc(OC(F)(F)F)c1)c1cccc(OC(F)(F)F)c1)N1CCC(O)CC1. The van der Waals surface area contributed by atoms with Crippen molar-refractivity contribution >= 4 is 6.03 Å². The van der Waals surface area contributed by atoms with Gasteiger partial charge in [-0.2, -0.15) is 0 Å². The number of amides is 2. The minimum atomic E-state index is -4.98. The fourth-order valence-electron chi connectivity index (χ4n) is 4.97. The van der Waals surface area contributed by atoms with Gasteiger partial charge in [0.05, 0.1) is 6.10 Å². The van der Waals surface area contributed by atoms with Crippen molar-refractivity contribution in [2.45, 2.75) is 43.5 Å². The predicted molar refractivity (Wildman–Crippen MR) is 137 cm³/mol. The second kappa shape index (κ2) is 12.3. The summed E-state index contributed by atoms with van der Waals surface area (Å²) in [5.74, 6) is -1.04. The van der Waals surface area contributed by atoms with Crippen LogP contribution in [0.4, 0.5) is 31.1 Å². The lowest BCUT2D eigenvalue weighted by molar-refractivity contribution is -0.275. The van der Waals surface area contributed by atoms with Crippen molar-refractivity contribution in [1.82, 2.24) is 10.2 Å². The van der Waals surface area contributed by atoms with E-state index >= 15 is 0 Å². The van der Waals surface area contributed by atoms with Gasteiger partial charge in [-0.25, -0.2) is 4.79 Å². The van der Waals surface area contributed by atoms with Crippen LogP contribution < -0.4 is 14.8 Å². The number of hydrogen-bond donors (Lipinski definition) is 2.